The number of aryl methyl sites for hydroxylation is 1. The van der Waals surface area contributed by atoms with E-state index in [1.165, 1.54) is 4.88 Å². The molecule has 2 heterocycles. The molecule has 5 heteroatoms. The summed E-state index contributed by atoms with van der Waals surface area (Å²) in [4.78, 5) is 5.27. The Hall–Kier alpha value is -1.43. The second-order valence-corrected chi connectivity index (χ2v) is 5.07. The standard InChI is InChI=1S/C13H16N2O2S/c1-9-13(17)12(10(8-16)5-15-9)7-14-6-11-3-2-4-18-11/h2-5,14,16-17H,6-8H2,1H3. The van der Waals surface area contributed by atoms with E-state index in [-0.39, 0.29) is 12.4 Å². The number of nitrogens with one attached hydrogen (secondary N) is 1. The number of rotatable bonds is 5. The van der Waals surface area contributed by atoms with Crippen molar-refractivity contribution >= 4 is 11.3 Å². The van der Waals surface area contributed by atoms with Crippen LogP contribution in [0.3, 0.4) is 0 Å². The Balaban J connectivity index is 2.06. The molecule has 18 heavy (non-hydrogen) atoms. The van der Waals surface area contributed by atoms with Crippen LogP contribution in [0.5, 0.6) is 5.75 Å². The van der Waals surface area contributed by atoms with E-state index in [2.05, 4.69) is 16.4 Å². The molecule has 0 amide bonds. The molecule has 0 atom stereocenters. The molecule has 2 aromatic heterocycles. The molecule has 0 spiro atoms. The van der Waals surface area contributed by atoms with E-state index in [1.807, 2.05) is 11.4 Å². The molecule has 3 N–H and O–H groups in total. The molecule has 0 bridgehead atoms. The average Bonchev–Trinajstić information content (AvgIpc) is 2.88. The Morgan fingerprint density at radius 3 is 2.89 bits per heavy atom. The molecule has 0 unspecified atom stereocenters. The van der Waals surface area contributed by atoms with Crippen molar-refractivity contribution in [2.24, 2.45) is 0 Å². The van der Waals surface area contributed by atoms with Crippen LogP contribution in [0.2, 0.25) is 0 Å². The fourth-order valence-corrected chi connectivity index (χ4v) is 2.42. The second kappa shape index (κ2) is 5.95. The van der Waals surface area contributed by atoms with E-state index in [9.17, 15) is 10.2 Å². The average molecular weight is 264 g/mol. The third-order valence-electron chi connectivity index (χ3n) is 2.78. The van der Waals surface area contributed by atoms with Crippen molar-refractivity contribution in [1.29, 1.82) is 0 Å². The van der Waals surface area contributed by atoms with Gasteiger partial charge in [0.1, 0.15) is 5.75 Å². The zero-order valence-corrected chi connectivity index (χ0v) is 11.0. The molecular weight excluding hydrogens is 248 g/mol. The quantitative estimate of drug-likeness (QED) is 0.772. The summed E-state index contributed by atoms with van der Waals surface area (Å²) in [5.41, 5.74) is 1.97. The van der Waals surface area contributed by atoms with Crippen LogP contribution in [0.15, 0.2) is 23.7 Å². The van der Waals surface area contributed by atoms with E-state index in [4.69, 9.17) is 0 Å². The number of thiophene rings is 1. The number of hydrogen-bond acceptors (Lipinski definition) is 5. The summed E-state index contributed by atoms with van der Waals surface area (Å²) < 4.78 is 0. The van der Waals surface area contributed by atoms with Crippen LogP contribution in [-0.2, 0) is 19.7 Å². The Kier molecular flexibility index (Phi) is 4.30. The van der Waals surface area contributed by atoms with Gasteiger partial charge in [0.15, 0.2) is 0 Å². The van der Waals surface area contributed by atoms with Gasteiger partial charge in [0.2, 0.25) is 0 Å². The molecule has 0 saturated heterocycles. The molecule has 2 aromatic rings. The minimum atomic E-state index is -0.114. The molecule has 0 aliphatic rings. The monoisotopic (exact) mass is 264 g/mol. The van der Waals surface area contributed by atoms with Crippen molar-refractivity contribution in [3.05, 3.63) is 45.4 Å². The van der Waals surface area contributed by atoms with Crippen molar-refractivity contribution in [2.45, 2.75) is 26.6 Å². The summed E-state index contributed by atoms with van der Waals surface area (Å²) in [6.45, 7) is 2.91. The maximum Gasteiger partial charge on any atom is 0.141 e. The van der Waals surface area contributed by atoms with Gasteiger partial charge in [0.05, 0.1) is 12.3 Å². The largest absolute Gasteiger partial charge is 0.506 e. The molecule has 2 rings (SSSR count). The van der Waals surface area contributed by atoms with E-state index in [0.717, 1.165) is 12.1 Å². The van der Waals surface area contributed by atoms with Crippen molar-refractivity contribution in [2.75, 3.05) is 0 Å². The van der Waals surface area contributed by atoms with Crippen molar-refractivity contribution in [3.8, 4) is 5.75 Å². The van der Waals surface area contributed by atoms with Crippen LogP contribution in [0.1, 0.15) is 21.7 Å². The molecule has 0 fully saturated rings. The zero-order valence-electron chi connectivity index (χ0n) is 10.2. The lowest BCUT2D eigenvalue weighted by Crippen LogP contribution is -2.14. The minimum Gasteiger partial charge on any atom is -0.506 e. The first kappa shape index (κ1) is 13.0. The third-order valence-corrected chi connectivity index (χ3v) is 3.66. The molecule has 0 radical (unpaired) electrons. The topological polar surface area (TPSA) is 65.4 Å². The summed E-state index contributed by atoms with van der Waals surface area (Å²) in [6.07, 6.45) is 1.61. The predicted octanol–water partition coefficient (Wildman–Crippen LogP) is 1.94. The first-order chi connectivity index (χ1) is 8.72. The van der Waals surface area contributed by atoms with E-state index < -0.39 is 0 Å². The highest BCUT2D eigenvalue weighted by molar-refractivity contribution is 7.09. The highest BCUT2D eigenvalue weighted by Gasteiger charge is 2.10. The van der Waals surface area contributed by atoms with Gasteiger partial charge < -0.3 is 15.5 Å². The lowest BCUT2D eigenvalue weighted by atomic mass is 10.1. The zero-order chi connectivity index (χ0) is 13.0. The van der Waals surface area contributed by atoms with Gasteiger partial charge in [-0.1, -0.05) is 6.07 Å². The fraction of sp³-hybridized carbons (Fsp3) is 0.308. The fourth-order valence-electron chi connectivity index (χ4n) is 1.74. The van der Waals surface area contributed by atoms with Crippen LogP contribution in [-0.4, -0.2) is 15.2 Å². The Morgan fingerprint density at radius 1 is 1.39 bits per heavy atom. The first-order valence-electron chi connectivity index (χ1n) is 5.72. The van der Waals surface area contributed by atoms with E-state index in [0.29, 0.717) is 17.8 Å². The number of aliphatic hydroxyl groups excluding tert-OH is 1. The maximum absolute atomic E-state index is 9.96. The number of nitrogens with zero attached hydrogens (tertiary/aromatic N) is 1. The van der Waals surface area contributed by atoms with E-state index >= 15 is 0 Å². The van der Waals surface area contributed by atoms with Gasteiger partial charge in [0.25, 0.3) is 0 Å². The van der Waals surface area contributed by atoms with Crippen LogP contribution in [0.4, 0.5) is 0 Å². The number of hydrogen-bond donors (Lipinski definition) is 3. The van der Waals surface area contributed by atoms with Crippen LogP contribution in [0, 0.1) is 6.92 Å². The molecule has 0 saturated carbocycles. The molecular formula is C13H16N2O2S. The number of aliphatic hydroxyl groups is 1. The SMILES string of the molecule is Cc1ncc(CO)c(CNCc2cccs2)c1O. The summed E-state index contributed by atoms with van der Waals surface area (Å²) in [7, 11) is 0. The Labute approximate surface area is 110 Å². The summed E-state index contributed by atoms with van der Waals surface area (Å²) in [5, 5.41) is 24.5. The predicted molar refractivity (Wildman–Crippen MR) is 71.4 cm³/mol. The molecule has 0 aromatic carbocycles. The van der Waals surface area contributed by atoms with Gasteiger partial charge in [0, 0.05) is 35.3 Å². The second-order valence-electron chi connectivity index (χ2n) is 4.04. The van der Waals surface area contributed by atoms with Crippen molar-refractivity contribution < 1.29 is 10.2 Å². The van der Waals surface area contributed by atoms with Crippen molar-refractivity contribution in [3.63, 3.8) is 0 Å². The van der Waals surface area contributed by atoms with Crippen LogP contribution >= 0.6 is 11.3 Å². The smallest absolute Gasteiger partial charge is 0.141 e. The maximum atomic E-state index is 9.96. The van der Waals surface area contributed by atoms with Gasteiger partial charge in [-0.15, -0.1) is 11.3 Å². The summed E-state index contributed by atoms with van der Waals surface area (Å²) in [5.74, 6) is 0.167. The highest BCUT2D eigenvalue weighted by Crippen LogP contribution is 2.23. The lowest BCUT2D eigenvalue weighted by molar-refractivity contribution is 0.278. The van der Waals surface area contributed by atoms with Gasteiger partial charge in [-0.3, -0.25) is 4.98 Å². The normalized spacial score (nSPS) is 10.8. The number of aromatic nitrogens is 1. The summed E-state index contributed by atoms with van der Waals surface area (Å²) >= 11 is 1.69. The third kappa shape index (κ3) is 2.87. The number of aromatic hydroxyl groups is 1. The van der Waals surface area contributed by atoms with Gasteiger partial charge in [-0.25, -0.2) is 0 Å². The highest BCUT2D eigenvalue weighted by atomic mass is 32.1. The number of pyridine rings is 1. The molecule has 0 aliphatic heterocycles. The minimum absolute atomic E-state index is 0.114. The Bertz CT molecular complexity index is 512. The molecule has 4 nitrogen and oxygen atoms in total. The van der Waals surface area contributed by atoms with Crippen LogP contribution < -0.4 is 5.32 Å². The van der Waals surface area contributed by atoms with Gasteiger partial charge in [-0.2, -0.15) is 0 Å². The summed E-state index contributed by atoms with van der Waals surface area (Å²) in [6, 6.07) is 4.07. The first-order valence-corrected chi connectivity index (χ1v) is 6.60. The lowest BCUT2D eigenvalue weighted by Gasteiger charge is -2.11. The molecule has 96 valence electrons. The van der Waals surface area contributed by atoms with Crippen molar-refractivity contribution in [1.82, 2.24) is 10.3 Å². The van der Waals surface area contributed by atoms with E-state index in [1.54, 1.807) is 24.5 Å². The van der Waals surface area contributed by atoms with Gasteiger partial charge in [-0.05, 0) is 18.4 Å². The molecule has 0 aliphatic carbocycles. The van der Waals surface area contributed by atoms with Gasteiger partial charge >= 0.3 is 0 Å². The van der Waals surface area contributed by atoms with Crippen LogP contribution in [0.25, 0.3) is 0 Å². The Morgan fingerprint density at radius 2 is 2.22 bits per heavy atom.